The molecule has 1 aromatic carbocycles. The molecule has 2 fully saturated rings. The van der Waals surface area contributed by atoms with Gasteiger partial charge in [-0.25, -0.2) is 4.79 Å². The van der Waals surface area contributed by atoms with Crippen LogP contribution in [0.4, 0.5) is 4.79 Å². The van der Waals surface area contributed by atoms with E-state index in [1.807, 2.05) is 37.3 Å². The van der Waals surface area contributed by atoms with Gasteiger partial charge in [-0.05, 0) is 31.2 Å². The van der Waals surface area contributed by atoms with Crippen molar-refractivity contribution in [3.05, 3.63) is 35.9 Å². The fourth-order valence-corrected chi connectivity index (χ4v) is 3.43. The predicted octanol–water partition coefficient (Wildman–Crippen LogP) is 3.23. The van der Waals surface area contributed by atoms with Gasteiger partial charge in [-0.1, -0.05) is 30.3 Å². The van der Waals surface area contributed by atoms with Crippen LogP contribution in [0.25, 0.3) is 0 Å². The minimum atomic E-state index is -0.352. The molecule has 0 radical (unpaired) electrons. The molecule has 0 aromatic heterocycles. The zero-order valence-corrected chi connectivity index (χ0v) is 13.6. The van der Waals surface area contributed by atoms with Gasteiger partial charge in [-0.2, -0.15) is 0 Å². The molecular weight excluding hydrogens is 294 g/mol. The summed E-state index contributed by atoms with van der Waals surface area (Å²) in [5.74, 6) is 0.0991. The average molecular weight is 319 g/mol. The first kappa shape index (κ1) is 16.3. The van der Waals surface area contributed by atoms with Crippen molar-refractivity contribution in [3.8, 4) is 0 Å². The number of carbonyl (C=O) groups excluding carboxylic acids is 1. The first-order valence-electron chi connectivity index (χ1n) is 8.42. The van der Waals surface area contributed by atoms with Crippen LogP contribution in [0.5, 0.6) is 0 Å². The van der Waals surface area contributed by atoms with Crippen molar-refractivity contribution < 1.29 is 19.0 Å². The lowest BCUT2D eigenvalue weighted by molar-refractivity contribution is -0.183. The number of hydrogen-bond donors (Lipinski definition) is 1. The number of benzene rings is 1. The number of ether oxygens (including phenoxy) is 3. The highest BCUT2D eigenvalue weighted by Crippen LogP contribution is 2.39. The molecule has 1 spiro atoms. The van der Waals surface area contributed by atoms with E-state index in [0.29, 0.717) is 25.7 Å². The fourth-order valence-electron chi connectivity index (χ4n) is 3.43. The van der Waals surface area contributed by atoms with E-state index in [1.54, 1.807) is 0 Å². The molecule has 3 rings (SSSR count). The predicted molar refractivity (Wildman–Crippen MR) is 85.8 cm³/mol. The van der Waals surface area contributed by atoms with Crippen LogP contribution in [-0.2, 0) is 20.8 Å². The second-order valence-electron chi connectivity index (χ2n) is 6.44. The molecule has 1 heterocycles. The highest BCUT2D eigenvalue weighted by molar-refractivity contribution is 5.67. The fraction of sp³-hybridized carbons (Fsp3) is 0.611. The number of alkyl carbamates (subject to hydrolysis) is 1. The number of amides is 1. The van der Waals surface area contributed by atoms with Gasteiger partial charge in [0, 0.05) is 18.9 Å². The molecule has 0 bridgehead atoms. The Kier molecular flexibility index (Phi) is 5.18. The normalized spacial score (nSPS) is 22.0. The van der Waals surface area contributed by atoms with E-state index in [9.17, 15) is 4.79 Å². The van der Waals surface area contributed by atoms with Crippen LogP contribution < -0.4 is 5.32 Å². The molecule has 5 nitrogen and oxygen atoms in total. The molecule has 1 saturated heterocycles. The minimum absolute atomic E-state index is 0.0945. The molecule has 23 heavy (non-hydrogen) atoms. The van der Waals surface area contributed by atoms with E-state index >= 15 is 0 Å². The summed E-state index contributed by atoms with van der Waals surface area (Å²) in [6, 6.07) is 9.79. The highest BCUT2D eigenvalue weighted by atomic mass is 16.7. The first-order chi connectivity index (χ1) is 11.2. The summed E-state index contributed by atoms with van der Waals surface area (Å²) in [7, 11) is 0. The Labute approximate surface area is 137 Å². The van der Waals surface area contributed by atoms with Crippen LogP contribution in [0.15, 0.2) is 30.3 Å². The minimum Gasteiger partial charge on any atom is -0.445 e. The van der Waals surface area contributed by atoms with Gasteiger partial charge in [0.05, 0.1) is 13.2 Å². The van der Waals surface area contributed by atoms with E-state index in [4.69, 9.17) is 14.2 Å². The molecule has 1 aliphatic heterocycles. The summed E-state index contributed by atoms with van der Waals surface area (Å²) in [5, 5.41) is 2.96. The zero-order valence-electron chi connectivity index (χ0n) is 13.6. The van der Waals surface area contributed by atoms with Gasteiger partial charge in [0.15, 0.2) is 5.79 Å². The average Bonchev–Trinajstić information content (AvgIpc) is 3.02. The Morgan fingerprint density at radius 3 is 2.57 bits per heavy atom. The summed E-state index contributed by atoms with van der Waals surface area (Å²) >= 11 is 0. The SMILES string of the molecule is CC(NC(=O)OCc1ccccc1)C1CCC2(CC1)OCCO2. The Morgan fingerprint density at radius 2 is 1.91 bits per heavy atom. The molecule has 1 aromatic rings. The monoisotopic (exact) mass is 319 g/mol. The molecule has 5 heteroatoms. The molecule has 1 N–H and O–H groups in total. The summed E-state index contributed by atoms with van der Waals surface area (Å²) < 4.78 is 16.8. The summed E-state index contributed by atoms with van der Waals surface area (Å²) in [5.41, 5.74) is 0.991. The van der Waals surface area contributed by atoms with Crippen molar-refractivity contribution in [1.82, 2.24) is 5.32 Å². The molecule has 126 valence electrons. The van der Waals surface area contributed by atoms with E-state index < -0.39 is 0 Å². The molecule has 1 aliphatic carbocycles. The Hall–Kier alpha value is -1.59. The zero-order chi connectivity index (χ0) is 16.1. The van der Waals surface area contributed by atoms with Gasteiger partial charge in [0.2, 0.25) is 0 Å². The second kappa shape index (κ2) is 7.32. The van der Waals surface area contributed by atoms with Gasteiger partial charge in [0.25, 0.3) is 0 Å². The topological polar surface area (TPSA) is 56.8 Å². The van der Waals surface area contributed by atoms with Crippen LogP contribution in [0.1, 0.15) is 38.2 Å². The Balaban J connectivity index is 1.40. The number of nitrogens with one attached hydrogen (secondary N) is 1. The third-order valence-corrected chi connectivity index (χ3v) is 4.87. The highest BCUT2D eigenvalue weighted by Gasteiger charge is 2.41. The van der Waals surface area contributed by atoms with E-state index in [1.165, 1.54) is 0 Å². The van der Waals surface area contributed by atoms with Crippen molar-refractivity contribution in [3.63, 3.8) is 0 Å². The lowest BCUT2D eigenvalue weighted by atomic mass is 9.81. The largest absolute Gasteiger partial charge is 0.445 e. The molecule has 1 saturated carbocycles. The maximum atomic E-state index is 11.9. The van der Waals surface area contributed by atoms with Crippen molar-refractivity contribution in [2.24, 2.45) is 5.92 Å². The van der Waals surface area contributed by atoms with Gasteiger partial charge < -0.3 is 19.5 Å². The second-order valence-corrected chi connectivity index (χ2v) is 6.44. The number of rotatable bonds is 4. The summed E-state index contributed by atoms with van der Waals surface area (Å²) in [6.45, 7) is 3.74. The van der Waals surface area contributed by atoms with Crippen LogP contribution in [0, 0.1) is 5.92 Å². The van der Waals surface area contributed by atoms with Crippen molar-refractivity contribution in [2.45, 2.75) is 51.0 Å². The van der Waals surface area contributed by atoms with Gasteiger partial charge in [0.1, 0.15) is 6.61 Å². The van der Waals surface area contributed by atoms with E-state index in [2.05, 4.69) is 5.32 Å². The van der Waals surface area contributed by atoms with Crippen LogP contribution in [-0.4, -0.2) is 31.1 Å². The third-order valence-electron chi connectivity index (χ3n) is 4.87. The van der Waals surface area contributed by atoms with Crippen molar-refractivity contribution in [2.75, 3.05) is 13.2 Å². The van der Waals surface area contributed by atoms with Gasteiger partial charge >= 0.3 is 6.09 Å². The molecule has 1 unspecified atom stereocenters. The quantitative estimate of drug-likeness (QED) is 0.925. The van der Waals surface area contributed by atoms with Crippen molar-refractivity contribution >= 4 is 6.09 Å². The van der Waals surface area contributed by atoms with Crippen LogP contribution in [0.3, 0.4) is 0 Å². The maximum Gasteiger partial charge on any atom is 0.407 e. The maximum absolute atomic E-state index is 11.9. The van der Waals surface area contributed by atoms with Crippen molar-refractivity contribution in [1.29, 1.82) is 0 Å². The van der Waals surface area contributed by atoms with Gasteiger partial charge in [-0.3, -0.25) is 0 Å². The summed E-state index contributed by atoms with van der Waals surface area (Å²) in [6.07, 6.45) is 3.46. The first-order valence-corrected chi connectivity index (χ1v) is 8.42. The Bertz CT molecular complexity index is 503. The molecule has 2 aliphatic rings. The van der Waals surface area contributed by atoms with Crippen LogP contribution in [0.2, 0.25) is 0 Å². The lowest BCUT2D eigenvalue weighted by Gasteiger charge is -2.37. The lowest BCUT2D eigenvalue weighted by Crippen LogP contribution is -2.43. The van der Waals surface area contributed by atoms with Crippen LogP contribution >= 0.6 is 0 Å². The van der Waals surface area contributed by atoms with E-state index in [0.717, 1.165) is 31.2 Å². The standard InChI is InChI=1S/C18H25NO4/c1-14(16-7-9-18(10-8-16)22-11-12-23-18)19-17(20)21-13-15-5-3-2-4-6-15/h2-6,14,16H,7-13H2,1H3,(H,19,20). The third kappa shape index (κ3) is 4.24. The summed E-state index contributed by atoms with van der Waals surface area (Å²) in [4.78, 5) is 11.9. The Morgan fingerprint density at radius 1 is 1.26 bits per heavy atom. The number of carbonyl (C=O) groups is 1. The van der Waals surface area contributed by atoms with Gasteiger partial charge in [-0.15, -0.1) is 0 Å². The molecule has 1 atom stereocenters. The van der Waals surface area contributed by atoms with E-state index in [-0.39, 0.29) is 17.9 Å². The molecule has 1 amide bonds. The smallest absolute Gasteiger partial charge is 0.407 e. The molecular formula is C18H25NO4. The number of hydrogen-bond acceptors (Lipinski definition) is 4.